The number of carboxylic acids is 1. The molecule has 0 aliphatic carbocycles. The van der Waals surface area contributed by atoms with Crippen LogP contribution in [0.5, 0.6) is 0 Å². The fourth-order valence-corrected chi connectivity index (χ4v) is 1.31. The third-order valence-corrected chi connectivity index (χ3v) is 2.31. The summed E-state index contributed by atoms with van der Waals surface area (Å²) in [5.41, 5.74) is 0. The molecule has 0 aliphatic heterocycles. The van der Waals surface area contributed by atoms with Crippen LogP contribution in [-0.2, 0) is 4.79 Å². The molecule has 0 aromatic carbocycles. The van der Waals surface area contributed by atoms with E-state index in [0.717, 1.165) is 18.6 Å². The van der Waals surface area contributed by atoms with Gasteiger partial charge in [-0.15, -0.1) is 0 Å². The van der Waals surface area contributed by atoms with E-state index in [4.69, 9.17) is 5.11 Å². The number of halogens is 2. The first-order valence-electron chi connectivity index (χ1n) is 4.31. The number of alkyl halides is 2. The fourth-order valence-electron chi connectivity index (χ4n) is 0.817. The van der Waals surface area contributed by atoms with E-state index >= 15 is 0 Å². The molecule has 14 heavy (non-hydrogen) atoms. The lowest BCUT2D eigenvalue weighted by Crippen LogP contribution is -2.40. The van der Waals surface area contributed by atoms with E-state index in [9.17, 15) is 13.6 Å². The number of nitrogens with one attached hydrogen (secondary N) is 1. The Labute approximate surface area is 86.3 Å². The van der Waals surface area contributed by atoms with E-state index < -0.39 is 18.4 Å². The van der Waals surface area contributed by atoms with Gasteiger partial charge in [-0.2, -0.15) is 20.5 Å². The topological polar surface area (TPSA) is 49.3 Å². The van der Waals surface area contributed by atoms with Crippen molar-refractivity contribution in [3.8, 4) is 0 Å². The highest BCUT2D eigenvalue weighted by molar-refractivity contribution is 7.98. The van der Waals surface area contributed by atoms with Crippen molar-refractivity contribution in [3.63, 3.8) is 0 Å². The molecule has 0 fully saturated rings. The molecule has 3 nitrogen and oxygen atoms in total. The number of carboxylic acid groups (broad SMARTS) is 1. The molecule has 0 rings (SSSR count). The molecular weight excluding hydrogens is 212 g/mol. The molecule has 0 amide bonds. The van der Waals surface area contributed by atoms with E-state index in [0.29, 0.717) is 6.54 Å². The molecule has 0 aromatic heterocycles. The van der Waals surface area contributed by atoms with Gasteiger partial charge in [0.25, 0.3) is 0 Å². The zero-order valence-corrected chi connectivity index (χ0v) is 8.87. The van der Waals surface area contributed by atoms with Crippen LogP contribution < -0.4 is 5.32 Å². The number of hydrogen-bond donors (Lipinski definition) is 2. The molecule has 0 saturated carbocycles. The number of hydrogen-bond acceptors (Lipinski definition) is 3. The molecule has 0 bridgehead atoms. The Kier molecular flexibility index (Phi) is 6.82. The van der Waals surface area contributed by atoms with Crippen LogP contribution in [0.1, 0.15) is 12.8 Å². The minimum absolute atomic E-state index is 0.434. The van der Waals surface area contributed by atoms with Crippen LogP contribution in [0, 0.1) is 0 Å². The van der Waals surface area contributed by atoms with Gasteiger partial charge in [-0.1, -0.05) is 0 Å². The number of unbranched alkanes of at least 4 members (excludes halogenated alkanes) is 1. The molecule has 0 aromatic rings. The van der Waals surface area contributed by atoms with Gasteiger partial charge in [0.15, 0.2) is 0 Å². The molecule has 0 aliphatic rings. The standard InChI is InChI=1S/C8H15F2NO2S/c1-14-5-3-2-4-11-6-8(9,10)7(12)13/h11H,2-6H2,1H3,(H,12,13). The van der Waals surface area contributed by atoms with Gasteiger partial charge in [0.1, 0.15) is 0 Å². The van der Waals surface area contributed by atoms with E-state index in [-0.39, 0.29) is 0 Å². The average molecular weight is 227 g/mol. The summed E-state index contributed by atoms with van der Waals surface area (Å²) in [4.78, 5) is 9.99. The molecular formula is C8H15F2NO2S. The van der Waals surface area contributed by atoms with E-state index in [1.807, 2.05) is 6.26 Å². The monoisotopic (exact) mass is 227 g/mol. The van der Waals surface area contributed by atoms with Crippen LogP contribution >= 0.6 is 11.8 Å². The quantitative estimate of drug-likeness (QED) is 0.616. The second-order valence-electron chi connectivity index (χ2n) is 2.89. The lowest BCUT2D eigenvalue weighted by atomic mass is 10.3. The van der Waals surface area contributed by atoms with Gasteiger partial charge in [-0.05, 0) is 31.4 Å². The fraction of sp³-hybridized carbons (Fsp3) is 0.875. The number of thioether (sulfide) groups is 1. The minimum atomic E-state index is -3.65. The SMILES string of the molecule is CSCCCCNCC(F)(F)C(=O)O. The van der Waals surface area contributed by atoms with E-state index in [1.165, 1.54) is 0 Å². The predicted octanol–water partition coefficient (Wildman–Crippen LogP) is 1.44. The maximum Gasteiger partial charge on any atom is 0.375 e. The minimum Gasteiger partial charge on any atom is -0.477 e. The Hall–Kier alpha value is -0.360. The molecule has 0 unspecified atom stereocenters. The van der Waals surface area contributed by atoms with Crippen molar-refractivity contribution >= 4 is 17.7 Å². The maximum absolute atomic E-state index is 12.5. The number of carbonyl (C=O) groups is 1. The first kappa shape index (κ1) is 13.6. The van der Waals surface area contributed by atoms with Crippen LogP contribution in [-0.4, -0.2) is 42.1 Å². The normalized spacial score (nSPS) is 11.6. The number of aliphatic carboxylic acids is 1. The van der Waals surface area contributed by atoms with Crippen molar-refractivity contribution < 1.29 is 18.7 Å². The largest absolute Gasteiger partial charge is 0.477 e. The first-order valence-corrected chi connectivity index (χ1v) is 5.71. The molecule has 6 heteroatoms. The zero-order valence-electron chi connectivity index (χ0n) is 8.06. The van der Waals surface area contributed by atoms with Crippen LogP contribution in [0.2, 0.25) is 0 Å². The van der Waals surface area contributed by atoms with E-state index in [1.54, 1.807) is 11.8 Å². The van der Waals surface area contributed by atoms with Crippen molar-refractivity contribution in [1.82, 2.24) is 5.32 Å². The lowest BCUT2D eigenvalue weighted by Gasteiger charge is -2.11. The molecule has 84 valence electrons. The van der Waals surface area contributed by atoms with Gasteiger partial charge in [-0.25, -0.2) is 4.79 Å². The third-order valence-electron chi connectivity index (χ3n) is 1.61. The van der Waals surface area contributed by atoms with Gasteiger partial charge in [0, 0.05) is 0 Å². The molecule has 0 heterocycles. The second-order valence-corrected chi connectivity index (χ2v) is 3.87. The maximum atomic E-state index is 12.5. The molecule has 0 spiro atoms. The third kappa shape index (κ3) is 6.15. The Bertz CT molecular complexity index is 179. The van der Waals surface area contributed by atoms with Gasteiger partial charge in [0.2, 0.25) is 0 Å². The summed E-state index contributed by atoms with van der Waals surface area (Å²) in [5.74, 6) is -4.73. The highest BCUT2D eigenvalue weighted by Gasteiger charge is 2.37. The van der Waals surface area contributed by atoms with Crippen molar-refractivity contribution in [3.05, 3.63) is 0 Å². The summed E-state index contributed by atoms with van der Waals surface area (Å²) in [6.07, 6.45) is 3.72. The summed E-state index contributed by atoms with van der Waals surface area (Å²) in [6, 6.07) is 0. The second kappa shape index (κ2) is 7.00. The van der Waals surface area contributed by atoms with Crippen molar-refractivity contribution in [2.24, 2.45) is 0 Å². The Morgan fingerprint density at radius 2 is 2.14 bits per heavy atom. The highest BCUT2D eigenvalue weighted by atomic mass is 32.2. The molecule has 0 atom stereocenters. The van der Waals surface area contributed by atoms with E-state index in [2.05, 4.69) is 5.32 Å². The average Bonchev–Trinajstić information content (AvgIpc) is 2.10. The van der Waals surface area contributed by atoms with Gasteiger partial charge in [0.05, 0.1) is 6.54 Å². The Morgan fingerprint density at radius 3 is 2.64 bits per heavy atom. The molecule has 0 saturated heterocycles. The van der Waals surface area contributed by atoms with Crippen LogP contribution in [0.3, 0.4) is 0 Å². The van der Waals surface area contributed by atoms with Gasteiger partial charge < -0.3 is 10.4 Å². The van der Waals surface area contributed by atoms with Crippen molar-refractivity contribution in [1.29, 1.82) is 0 Å². The zero-order chi connectivity index (χ0) is 11.0. The number of rotatable bonds is 8. The van der Waals surface area contributed by atoms with Crippen LogP contribution in [0.4, 0.5) is 8.78 Å². The smallest absolute Gasteiger partial charge is 0.375 e. The summed E-state index contributed by atoms with van der Waals surface area (Å²) < 4.78 is 24.9. The van der Waals surface area contributed by atoms with Crippen LogP contribution in [0.25, 0.3) is 0 Å². The van der Waals surface area contributed by atoms with Crippen molar-refractivity contribution in [2.45, 2.75) is 18.8 Å². The summed E-state index contributed by atoms with van der Waals surface area (Å²) >= 11 is 1.70. The molecule has 2 N–H and O–H groups in total. The van der Waals surface area contributed by atoms with Gasteiger partial charge in [-0.3, -0.25) is 0 Å². The van der Waals surface area contributed by atoms with Crippen LogP contribution in [0.15, 0.2) is 0 Å². The highest BCUT2D eigenvalue weighted by Crippen LogP contribution is 2.11. The first-order chi connectivity index (χ1) is 6.50. The molecule has 0 radical (unpaired) electrons. The summed E-state index contributed by atoms with van der Waals surface area (Å²) in [5, 5.41) is 10.5. The predicted molar refractivity (Wildman–Crippen MR) is 53.1 cm³/mol. The Balaban J connectivity index is 3.40. The summed E-state index contributed by atoms with van der Waals surface area (Å²) in [6.45, 7) is -0.356. The Morgan fingerprint density at radius 1 is 1.50 bits per heavy atom. The summed E-state index contributed by atoms with van der Waals surface area (Å²) in [7, 11) is 0. The van der Waals surface area contributed by atoms with Crippen molar-refractivity contribution in [2.75, 3.05) is 25.1 Å². The lowest BCUT2D eigenvalue weighted by molar-refractivity contribution is -0.163. The van der Waals surface area contributed by atoms with Gasteiger partial charge >= 0.3 is 11.9 Å².